The molecule has 1 atom stereocenters. The summed E-state index contributed by atoms with van der Waals surface area (Å²) in [4.78, 5) is 37.7. The highest BCUT2D eigenvalue weighted by molar-refractivity contribution is 6.30. The Bertz CT molecular complexity index is 812. The summed E-state index contributed by atoms with van der Waals surface area (Å²) in [7, 11) is 0. The second-order valence-corrected chi connectivity index (χ2v) is 6.53. The number of amides is 2. The Kier molecular flexibility index (Phi) is 5.38. The van der Waals surface area contributed by atoms with E-state index in [-0.39, 0.29) is 36.9 Å². The fourth-order valence-electron chi connectivity index (χ4n) is 2.88. The van der Waals surface area contributed by atoms with Crippen molar-refractivity contribution in [3.05, 3.63) is 70.2 Å². The molecule has 0 fully saturated rings. The predicted octanol–water partition coefficient (Wildman–Crippen LogP) is 4.02. The van der Waals surface area contributed by atoms with Gasteiger partial charge in [-0.3, -0.25) is 19.3 Å². The van der Waals surface area contributed by atoms with Gasteiger partial charge in [0.15, 0.2) is 0 Å². The summed E-state index contributed by atoms with van der Waals surface area (Å²) >= 11 is 5.84. The Labute approximate surface area is 156 Å². The van der Waals surface area contributed by atoms with Gasteiger partial charge in [-0.1, -0.05) is 35.9 Å². The van der Waals surface area contributed by atoms with E-state index in [1.807, 2.05) is 0 Å². The number of carbonyl (C=O) groups is 3. The van der Waals surface area contributed by atoms with E-state index < -0.39 is 0 Å². The summed E-state index contributed by atoms with van der Waals surface area (Å²) in [5.74, 6) is -0.994. The highest BCUT2D eigenvalue weighted by atomic mass is 35.5. The van der Waals surface area contributed by atoms with Gasteiger partial charge in [-0.25, -0.2) is 0 Å². The molecule has 6 heteroatoms. The van der Waals surface area contributed by atoms with Crippen molar-refractivity contribution in [1.82, 2.24) is 4.90 Å². The molecule has 2 aromatic carbocycles. The molecule has 0 spiro atoms. The van der Waals surface area contributed by atoms with Gasteiger partial charge in [-0.05, 0) is 43.2 Å². The van der Waals surface area contributed by atoms with E-state index in [1.165, 1.54) is 4.90 Å². The van der Waals surface area contributed by atoms with Crippen molar-refractivity contribution in [2.75, 3.05) is 6.54 Å². The van der Waals surface area contributed by atoms with Crippen LogP contribution in [-0.4, -0.2) is 29.2 Å². The molecule has 1 heterocycles. The molecule has 1 aliphatic rings. The topological polar surface area (TPSA) is 63.7 Å². The molecule has 0 bridgehead atoms. The standard InChI is InChI=1S/C20H18ClNO4/c1-13(14-8-10-15(21)11-9-14)26-18(23)7-4-12-22-19(24)16-5-2-3-6-17(16)20(22)25/h2-3,5-6,8-11,13H,4,7,12H2,1H3/t13-/m0/s1. The minimum atomic E-state index is -0.390. The van der Waals surface area contributed by atoms with E-state index >= 15 is 0 Å². The third-order valence-electron chi connectivity index (χ3n) is 4.29. The van der Waals surface area contributed by atoms with Crippen molar-refractivity contribution in [2.45, 2.75) is 25.9 Å². The van der Waals surface area contributed by atoms with Crippen molar-refractivity contribution < 1.29 is 19.1 Å². The molecule has 0 radical (unpaired) electrons. The van der Waals surface area contributed by atoms with Gasteiger partial charge in [0.2, 0.25) is 0 Å². The molecule has 0 aromatic heterocycles. The maximum Gasteiger partial charge on any atom is 0.306 e. The number of benzene rings is 2. The van der Waals surface area contributed by atoms with E-state index in [0.29, 0.717) is 22.6 Å². The molecular formula is C20H18ClNO4. The van der Waals surface area contributed by atoms with Crippen LogP contribution in [0.25, 0.3) is 0 Å². The smallest absolute Gasteiger partial charge is 0.306 e. The van der Waals surface area contributed by atoms with Crippen LogP contribution in [0.3, 0.4) is 0 Å². The average molecular weight is 372 g/mol. The van der Waals surface area contributed by atoms with Crippen LogP contribution in [0.5, 0.6) is 0 Å². The molecule has 26 heavy (non-hydrogen) atoms. The SMILES string of the molecule is C[C@H](OC(=O)CCCN1C(=O)c2ccccc2C1=O)c1ccc(Cl)cc1. The summed E-state index contributed by atoms with van der Waals surface area (Å²) in [6, 6.07) is 13.8. The Morgan fingerprint density at radius 2 is 1.62 bits per heavy atom. The number of rotatable bonds is 6. The molecule has 0 aliphatic carbocycles. The Morgan fingerprint density at radius 1 is 1.04 bits per heavy atom. The van der Waals surface area contributed by atoms with Gasteiger partial charge in [0.1, 0.15) is 6.10 Å². The van der Waals surface area contributed by atoms with Gasteiger partial charge in [-0.15, -0.1) is 0 Å². The maximum atomic E-state index is 12.3. The third kappa shape index (κ3) is 3.78. The van der Waals surface area contributed by atoms with Gasteiger partial charge < -0.3 is 4.74 Å². The second kappa shape index (κ2) is 7.70. The number of imide groups is 1. The molecule has 0 N–H and O–H groups in total. The Morgan fingerprint density at radius 3 is 2.19 bits per heavy atom. The van der Waals surface area contributed by atoms with Crippen LogP contribution in [0.15, 0.2) is 48.5 Å². The second-order valence-electron chi connectivity index (χ2n) is 6.09. The van der Waals surface area contributed by atoms with Crippen LogP contribution >= 0.6 is 11.6 Å². The maximum absolute atomic E-state index is 12.3. The lowest BCUT2D eigenvalue weighted by molar-refractivity contribution is -0.148. The summed E-state index contributed by atoms with van der Waals surface area (Å²) in [5.41, 5.74) is 1.68. The van der Waals surface area contributed by atoms with Gasteiger partial charge in [0, 0.05) is 18.0 Å². The summed E-state index contributed by atoms with van der Waals surface area (Å²) in [6.07, 6.45) is 0.0993. The zero-order valence-corrected chi connectivity index (χ0v) is 15.0. The highest BCUT2D eigenvalue weighted by Gasteiger charge is 2.34. The first-order valence-electron chi connectivity index (χ1n) is 8.37. The number of esters is 1. The molecule has 1 aliphatic heterocycles. The van der Waals surface area contributed by atoms with Crippen LogP contribution in [-0.2, 0) is 9.53 Å². The van der Waals surface area contributed by atoms with Crippen LogP contribution in [0.4, 0.5) is 0 Å². The predicted molar refractivity (Wildman–Crippen MR) is 97.0 cm³/mol. The fraction of sp³-hybridized carbons (Fsp3) is 0.250. The lowest BCUT2D eigenvalue weighted by atomic mass is 10.1. The van der Waals surface area contributed by atoms with Crippen LogP contribution in [0.2, 0.25) is 5.02 Å². The Balaban J connectivity index is 1.49. The summed E-state index contributed by atoms with van der Waals surface area (Å²) < 4.78 is 5.39. The van der Waals surface area contributed by atoms with E-state index in [4.69, 9.17) is 16.3 Å². The van der Waals surface area contributed by atoms with Crippen molar-refractivity contribution >= 4 is 29.4 Å². The number of halogens is 1. The van der Waals surface area contributed by atoms with Gasteiger partial charge in [-0.2, -0.15) is 0 Å². The monoisotopic (exact) mass is 371 g/mol. The zero-order valence-electron chi connectivity index (χ0n) is 14.3. The molecule has 2 aromatic rings. The normalized spacial score (nSPS) is 14.3. The minimum absolute atomic E-state index is 0.130. The fourth-order valence-corrected chi connectivity index (χ4v) is 3.01. The zero-order chi connectivity index (χ0) is 18.7. The van der Waals surface area contributed by atoms with Crippen molar-refractivity contribution in [3.8, 4) is 0 Å². The summed E-state index contributed by atoms with van der Waals surface area (Å²) in [5, 5.41) is 0.619. The van der Waals surface area contributed by atoms with E-state index in [1.54, 1.807) is 55.5 Å². The Hall–Kier alpha value is -2.66. The van der Waals surface area contributed by atoms with Crippen molar-refractivity contribution in [2.24, 2.45) is 0 Å². The first-order valence-corrected chi connectivity index (χ1v) is 8.75. The molecule has 0 saturated carbocycles. The number of nitrogens with zero attached hydrogens (tertiary/aromatic N) is 1. The minimum Gasteiger partial charge on any atom is -0.458 e. The van der Waals surface area contributed by atoms with Gasteiger partial charge in [0.25, 0.3) is 11.8 Å². The lowest BCUT2D eigenvalue weighted by Gasteiger charge is -2.15. The molecular weight excluding hydrogens is 354 g/mol. The van der Waals surface area contributed by atoms with Crippen LogP contribution < -0.4 is 0 Å². The molecule has 3 rings (SSSR count). The van der Waals surface area contributed by atoms with Gasteiger partial charge in [0.05, 0.1) is 11.1 Å². The number of hydrogen-bond acceptors (Lipinski definition) is 4. The average Bonchev–Trinajstić information content (AvgIpc) is 2.87. The van der Waals surface area contributed by atoms with Gasteiger partial charge >= 0.3 is 5.97 Å². The highest BCUT2D eigenvalue weighted by Crippen LogP contribution is 2.23. The quantitative estimate of drug-likeness (QED) is 0.568. The van der Waals surface area contributed by atoms with Crippen molar-refractivity contribution in [1.29, 1.82) is 0 Å². The summed E-state index contributed by atoms with van der Waals surface area (Å²) in [6.45, 7) is 1.97. The van der Waals surface area contributed by atoms with Crippen LogP contribution in [0.1, 0.15) is 52.1 Å². The first-order chi connectivity index (χ1) is 12.5. The lowest BCUT2D eigenvalue weighted by Crippen LogP contribution is -2.31. The van der Waals surface area contributed by atoms with Crippen LogP contribution in [0, 0.1) is 0 Å². The first kappa shape index (κ1) is 18.1. The van der Waals surface area contributed by atoms with E-state index in [9.17, 15) is 14.4 Å². The number of hydrogen-bond donors (Lipinski definition) is 0. The van der Waals surface area contributed by atoms with E-state index in [2.05, 4.69) is 0 Å². The van der Waals surface area contributed by atoms with Crippen molar-refractivity contribution in [3.63, 3.8) is 0 Å². The molecule has 0 unspecified atom stereocenters. The molecule has 2 amide bonds. The number of ether oxygens (including phenoxy) is 1. The molecule has 134 valence electrons. The third-order valence-corrected chi connectivity index (χ3v) is 4.54. The molecule has 5 nitrogen and oxygen atoms in total. The molecule has 0 saturated heterocycles. The number of fused-ring (bicyclic) bond motifs is 1. The number of carbonyl (C=O) groups excluding carboxylic acids is 3. The largest absolute Gasteiger partial charge is 0.458 e. The van der Waals surface area contributed by atoms with E-state index in [0.717, 1.165) is 5.56 Å².